The van der Waals surface area contributed by atoms with Gasteiger partial charge in [0.1, 0.15) is 0 Å². The van der Waals surface area contributed by atoms with E-state index >= 15 is 0 Å². The van der Waals surface area contributed by atoms with E-state index in [-0.39, 0.29) is 42.8 Å². The Morgan fingerprint density at radius 2 is 1.70 bits per heavy atom. The second-order valence-corrected chi connectivity index (χ2v) is 8.13. The van der Waals surface area contributed by atoms with E-state index < -0.39 is 0 Å². The highest BCUT2D eigenvalue weighted by Gasteiger charge is 2.37. The fraction of sp³-hybridized carbons (Fsp3) is 0.750. The molecule has 1 rings (SSSR count). The van der Waals surface area contributed by atoms with Crippen LogP contribution in [0.15, 0.2) is 12.7 Å². The third-order valence-electron chi connectivity index (χ3n) is 5.07. The molecule has 5 amide bonds. The van der Waals surface area contributed by atoms with E-state index in [1.807, 2.05) is 33.8 Å². The van der Waals surface area contributed by atoms with Crippen molar-refractivity contribution in [2.24, 2.45) is 23.3 Å². The smallest absolute Gasteiger partial charge is 0.317 e. The summed E-state index contributed by atoms with van der Waals surface area (Å²) in [5, 5.41) is 2.57. The minimum atomic E-state index is -0.242. The molecule has 0 heterocycles. The number of nitrogens with one attached hydrogen (secondary N) is 1. The monoisotopic (exact) mass is 471 g/mol. The first-order valence-corrected chi connectivity index (χ1v) is 11.8. The largest absolute Gasteiger partial charge is 0.372 e. The number of carbonyl (C=O) groups is 4. The summed E-state index contributed by atoms with van der Waals surface area (Å²) < 4.78 is 0. The molecule has 194 valence electrons. The first kappa shape index (κ1) is 35.0. The van der Waals surface area contributed by atoms with Gasteiger partial charge in [0.2, 0.25) is 18.2 Å². The molecule has 0 aromatic rings. The van der Waals surface area contributed by atoms with E-state index in [1.54, 1.807) is 19.0 Å². The van der Waals surface area contributed by atoms with Gasteiger partial charge >= 0.3 is 6.03 Å². The summed E-state index contributed by atoms with van der Waals surface area (Å²) in [6.07, 6.45) is 9.33. The molecule has 0 bridgehead atoms. The zero-order valence-electron chi connectivity index (χ0n) is 21.9. The lowest BCUT2D eigenvalue weighted by Crippen LogP contribution is -2.46. The highest BCUT2D eigenvalue weighted by molar-refractivity contribution is 5.84. The second-order valence-electron chi connectivity index (χ2n) is 8.13. The molecule has 0 saturated heterocycles. The van der Waals surface area contributed by atoms with Crippen molar-refractivity contribution < 1.29 is 19.2 Å². The first-order chi connectivity index (χ1) is 15.5. The molecule has 0 aliphatic heterocycles. The molecule has 0 aromatic carbocycles. The van der Waals surface area contributed by atoms with Crippen LogP contribution in [0.4, 0.5) is 4.79 Å². The van der Waals surface area contributed by atoms with Crippen LogP contribution < -0.4 is 16.8 Å². The predicted octanol–water partition coefficient (Wildman–Crippen LogP) is 2.89. The third kappa shape index (κ3) is 21.0. The van der Waals surface area contributed by atoms with Crippen LogP contribution in [-0.2, 0) is 14.4 Å². The predicted molar refractivity (Wildman–Crippen MR) is 135 cm³/mol. The molecule has 1 aliphatic carbocycles. The van der Waals surface area contributed by atoms with E-state index in [9.17, 15) is 14.4 Å². The lowest BCUT2D eigenvalue weighted by molar-refractivity contribution is -0.132. The topological polar surface area (TPSA) is 139 Å². The van der Waals surface area contributed by atoms with Gasteiger partial charge < -0.3 is 26.6 Å². The number of hydrogen-bond donors (Lipinski definition) is 3. The van der Waals surface area contributed by atoms with E-state index in [4.69, 9.17) is 10.5 Å². The number of primary amides is 2. The lowest BCUT2D eigenvalue weighted by atomic mass is 10.2. The quantitative estimate of drug-likeness (QED) is 0.256. The summed E-state index contributed by atoms with van der Waals surface area (Å²) in [5.74, 6) is 0.608. The Morgan fingerprint density at radius 3 is 1.97 bits per heavy atom. The van der Waals surface area contributed by atoms with Gasteiger partial charge in [-0.25, -0.2) is 4.79 Å². The Balaban J connectivity index is -0.000000435. The van der Waals surface area contributed by atoms with Gasteiger partial charge in [0.15, 0.2) is 0 Å². The molecule has 3 atom stereocenters. The number of carbonyl (C=O) groups excluding carboxylic acids is 4. The molecule has 1 unspecified atom stereocenters. The number of urea groups is 1. The van der Waals surface area contributed by atoms with Crippen LogP contribution in [0, 0.1) is 11.8 Å². The summed E-state index contributed by atoms with van der Waals surface area (Å²) in [7, 11) is 3.29. The van der Waals surface area contributed by atoms with Gasteiger partial charge in [0.05, 0.1) is 6.54 Å². The number of nitrogens with zero attached hydrogens (tertiary/aromatic N) is 2. The van der Waals surface area contributed by atoms with Crippen molar-refractivity contribution in [1.29, 1.82) is 0 Å². The van der Waals surface area contributed by atoms with E-state index in [2.05, 4.69) is 24.6 Å². The van der Waals surface area contributed by atoms with Gasteiger partial charge in [-0.15, -0.1) is 6.58 Å². The average molecular weight is 472 g/mol. The van der Waals surface area contributed by atoms with Gasteiger partial charge in [0, 0.05) is 32.6 Å². The van der Waals surface area contributed by atoms with Gasteiger partial charge in [-0.3, -0.25) is 14.4 Å². The van der Waals surface area contributed by atoms with Crippen LogP contribution in [0.3, 0.4) is 0 Å². The van der Waals surface area contributed by atoms with Gasteiger partial charge in [-0.2, -0.15) is 0 Å². The standard InChI is InChI=1S/C11H23N3O2.C7H14.C5H9NO.CH3NO/c1-6-9(3)14(7-2)10(15)8-12-11(16)13(4)5;1-3-5-7-6-4-2;1-3-2-4(3)5(6)7;2-1-3/h9H,6-8H2,1-5H3,(H,12,16);3H,1,4-7H2,2H3;3-4H,2H2,1H3,(H2,6,7);1H,(H2,2,3)/t9-;;3?,4-;/m1.0./s1. The molecule has 0 aromatic heterocycles. The van der Waals surface area contributed by atoms with Gasteiger partial charge in [-0.1, -0.05) is 39.7 Å². The van der Waals surface area contributed by atoms with Crippen LogP contribution in [0.5, 0.6) is 0 Å². The Hall–Kier alpha value is -2.58. The lowest BCUT2D eigenvalue weighted by Gasteiger charge is -2.27. The number of amides is 5. The Labute approximate surface area is 201 Å². The maximum absolute atomic E-state index is 11.8. The summed E-state index contributed by atoms with van der Waals surface area (Å²) in [5.41, 5.74) is 9.12. The minimum absolute atomic E-state index is 0.0351. The van der Waals surface area contributed by atoms with E-state index in [0.717, 1.165) is 12.8 Å². The van der Waals surface area contributed by atoms with Crippen molar-refractivity contribution in [3.8, 4) is 0 Å². The molecule has 0 radical (unpaired) electrons. The van der Waals surface area contributed by atoms with Crippen LogP contribution in [-0.4, -0.2) is 67.3 Å². The number of likely N-dealkylation sites (N-methyl/N-ethyl adjacent to an activating group) is 1. The Bertz CT molecular complexity index is 555. The molecule has 1 aliphatic rings. The number of unbranched alkanes of at least 4 members (excludes halogenated alkanes) is 3. The fourth-order valence-corrected chi connectivity index (χ4v) is 2.62. The maximum atomic E-state index is 11.8. The maximum Gasteiger partial charge on any atom is 0.317 e. The average Bonchev–Trinajstić information content (AvgIpc) is 3.51. The molecule has 1 fully saturated rings. The SMILES string of the molecule is C=CCCCCC.CC1C[C@@H]1C(N)=O.CC[C@@H](C)N(CC)C(=O)CNC(=O)N(C)C.NC=O. The molecule has 0 spiro atoms. The highest BCUT2D eigenvalue weighted by Crippen LogP contribution is 2.36. The van der Waals surface area contributed by atoms with E-state index in [0.29, 0.717) is 12.5 Å². The Kier molecular flexibility index (Phi) is 24.0. The molecule has 5 N–H and O–H groups in total. The van der Waals surface area contributed by atoms with Gasteiger partial charge in [0.25, 0.3) is 0 Å². The van der Waals surface area contributed by atoms with Crippen LogP contribution >= 0.6 is 0 Å². The van der Waals surface area contributed by atoms with Crippen LogP contribution in [0.2, 0.25) is 0 Å². The van der Waals surface area contributed by atoms with Crippen molar-refractivity contribution in [2.45, 2.75) is 79.2 Å². The number of rotatable bonds is 10. The molecular weight excluding hydrogens is 422 g/mol. The summed E-state index contributed by atoms with van der Waals surface area (Å²) in [4.78, 5) is 45.0. The van der Waals surface area contributed by atoms with E-state index in [1.165, 1.54) is 30.6 Å². The first-order valence-electron chi connectivity index (χ1n) is 11.8. The third-order valence-corrected chi connectivity index (χ3v) is 5.07. The molecule has 1 saturated carbocycles. The Morgan fingerprint density at radius 1 is 1.18 bits per heavy atom. The number of allylic oxidation sites excluding steroid dienone is 1. The van der Waals surface area contributed by atoms with Crippen molar-refractivity contribution >= 4 is 24.3 Å². The fourth-order valence-electron chi connectivity index (χ4n) is 2.62. The second kappa shape index (κ2) is 22.6. The van der Waals surface area contributed by atoms with Gasteiger partial charge in [-0.05, 0) is 45.4 Å². The normalized spacial score (nSPS) is 16.0. The minimum Gasteiger partial charge on any atom is -0.372 e. The molecular formula is C24H49N5O4. The summed E-state index contributed by atoms with van der Waals surface area (Å²) in [6.45, 7) is 14.6. The van der Waals surface area contributed by atoms with Crippen molar-refractivity contribution in [3.05, 3.63) is 12.7 Å². The van der Waals surface area contributed by atoms with Crippen LogP contribution in [0.25, 0.3) is 0 Å². The van der Waals surface area contributed by atoms with Crippen molar-refractivity contribution in [2.75, 3.05) is 27.2 Å². The van der Waals surface area contributed by atoms with Crippen molar-refractivity contribution in [1.82, 2.24) is 15.1 Å². The number of hydrogen-bond acceptors (Lipinski definition) is 4. The molecule has 9 nitrogen and oxygen atoms in total. The van der Waals surface area contributed by atoms with Crippen molar-refractivity contribution in [3.63, 3.8) is 0 Å². The van der Waals surface area contributed by atoms with Crippen LogP contribution in [0.1, 0.15) is 73.1 Å². The molecule has 33 heavy (non-hydrogen) atoms. The highest BCUT2D eigenvalue weighted by atomic mass is 16.2. The number of nitrogens with two attached hydrogens (primary N) is 2. The zero-order chi connectivity index (χ0) is 26.4. The summed E-state index contributed by atoms with van der Waals surface area (Å²) in [6, 6.07) is -0.0256. The summed E-state index contributed by atoms with van der Waals surface area (Å²) >= 11 is 0. The molecule has 9 heteroatoms. The zero-order valence-corrected chi connectivity index (χ0v) is 21.9.